The number of likely N-dealkylation sites (tertiary alicyclic amines) is 1. The Morgan fingerprint density at radius 1 is 1.21 bits per heavy atom. The number of amides is 2. The molecule has 0 radical (unpaired) electrons. The van der Waals surface area contributed by atoms with Gasteiger partial charge in [-0.1, -0.05) is 0 Å². The zero-order chi connectivity index (χ0) is 23.9. The fraction of sp³-hybridized carbons (Fsp3) is 0.667. The molecule has 2 heterocycles. The molecule has 10 nitrogen and oxygen atoms in total. The SMILES string of the molecule is CN1C[C@H](C(=O)N(CC2CC2)C(=O)Oc2ccc([N+](=O)[O-])cc2)C[C@@H]2CC3(CC[C@H]21)OCCO3. The second kappa shape index (κ2) is 9.24. The van der Waals surface area contributed by atoms with Crippen LogP contribution in [-0.2, 0) is 14.3 Å². The first-order chi connectivity index (χ1) is 16.3. The van der Waals surface area contributed by atoms with Gasteiger partial charge in [-0.3, -0.25) is 14.9 Å². The van der Waals surface area contributed by atoms with Gasteiger partial charge in [0.1, 0.15) is 5.75 Å². The molecule has 4 aliphatic rings. The quantitative estimate of drug-likeness (QED) is 0.474. The number of piperidine rings is 1. The van der Waals surface area contributed by atoms with Crippen molar-refractivity contribution in [2.45, 2.75) is 50.4 Å². The van der Waals surface area contributed by atoms with E-state index < -0.39 is 16.8 Å². The minimum atomic E-state index is -0.724. The zero-order valence-corrected chi connectivity index (χ0v) is 19.4. The number of carbonyl (C=O) groups excluding carboxylic acids is 2. The van der Waals surface area contributed by atoms with E-state index in [4.69, 9.17) is 14.2 Å². The van der Waals surface area contributed by atoms with E-state index in [-0.39, 0.29) is 29.2 Å². The van der Waals surface area contributed by atoms with E-state index in [9.17, 15) is 19.7 Å². The Kier molecular flexibility index (Phi) is 6.30. The number of non-ortho nitro benzene ring substituents is 1. The van der Waals surface area contributed by atoms with E-state index in [1.54, 1.807) is 0 Å². The molecule has 184 valence electrons. The molecule has 2 aliphatic heterocycles. The van der Waals surface area contributed by atoms with Crippen molar-refractivity contribution in [1.82, 2.24) is 9.80 Å². The van der Waals surface area contributed by atoms with Crippen molar-refractivity contribution >= 4 is 17.7 Å². The Bertz CT molecular complexity index is 942. The lowest BCUT2D eigenvalue weighted by molar-refractivity contribution is -0.384. The molecule has 0 aromatic heterocycles. The van der Waals surface area contributed by atoms with Crippen LogP contribution in [-0.4, -0.2) is 71.9 Å². The van der Waals surface area contributed by atoms with Crippen LogP contribution in [0.3, 0.4) is 0 Å². The van der Waals surface area contributed by atoms with Crippen molar-refractivity contribution in [3.05, 3.63) is 34.4 Å². The highest BCUT2D eigenvalue weighted by molar-refractivity contribution is 5.94. The smallest absolute Gasteiger partial charge is 0.410 e. The lowest BCUT2D eigenvalue weighted by atomic mass is 9.72. The number of nitro benzene ring substituents is 1. The number of nitrogens with zero attached hydrogens (tertiary/aromatic N) is 3. The van der Waals surface area contributed by atoms with Crippen molar-refractivity contribution in [1.29, 1.82) is 0 Å². The summed E-state index contributed by atoms with van der Waals surface area (Å²) in [4.78, 5) is 40.5. The highest BCUT2D eigenvalue weighted by atomic mass is 16.7. The third-order valence-electron chi connectivity index (χ3n) is 7.64. The molecule has 5 rings (SSSR count). The molecule has 34 heavy (non-hydrogen) atoms. The van der Waals surface area contributed by atoms with Crippen molar-refractivity contribution in [3.63, 3.8) is 0 Å². The average molecular weight is 474 g/mol. The molecule has 10 heteroatoms. The fourth-order valence-corrected chi connectivity index (χ4v) is 5.75. The number of hydrogen-bond acceptors (Lipinski definition) is 8. The van der Waals surface area contributed by atoms with Gasteiger partial charge in [-0.25, -0.2) is 9.69 Å². The van der Waals surface area contributed by atoms with Crippen LogP contribution in [0.25, 0.3) is 0 Å². The highest BCUT2D eigenvalue weighted by Gasteiger charge is 2.50. The molecule has 2 aliphatic carbocycles. The largest absolute Gasteiger partial charge is 0.422 e. The van der Waals surface area contributed by atoms with Crippen LogP contribution < -0.4 is 4.74 Å². The number of fused-ring (bicyclic) bond motifs is 1. The maximum atomic E-state index is 13.6. The van der Waals surface area contributed by atoms with Crippen molar-refractivity contribution < 1.29 is 28.7 Å². The second-order valence-corrected chi connectivity index (χ2v) is 10.1. The van der Waals surface area contributed by atoms with Gasteiger partial charge in [0.25, 0.3) is 5.69 Å². The lowest BCUT2D eigenvalue weighted by Crippen LogP contribution is -2.56. The highest BCUT2D eigenvalue weighted by Crippen LogP contribution is 2.45. The monoisotopic (exact) mass is 473 g/mol. The average Bonchev–Trinajstić information content (AvgIpc) is 3.54. The number of imide groups is 1. The van der Waals surface area contributed by atoms with Crippen LogP contribution in [0.15, 0.2) is 24.3 Å². The summed E-state index contributed by atoms with van der Waals surface area (Å²) in [7, 11) is 2.05. The van der Waals surface area contributed by atoms with Crippen molar-refractivity contribution in [3.8, 4) is 5.75 Å². The third kappa shape index (κ3) is 4.80. The van der Waals surface area contributed by atoms with Crippen LogP contribution >= 0.6 is 0 Å². The minimum Gasteiger partial charge on any atom is -0.410 e. The number of ether oxygens (including phenoxy) is 3. The summed E-state index contributed by atoms with van der Waals surface area (Å²) in [6, 6.07) is 5.68. The maximum Gasteiger partial charge on any atom is 0.422 e. The van der Waals surface area contributed by atoms with Crippen molar-refractivity contribution in [2.24, 2.45) is 17.8 Å². The predicted octanol–water partition coefficient (Wildman–Crippen LogP) is 3.20. The summed E-state index contributed by atoms with van der Waals surface area (Å²) < 4.78 is 17.3. The molecule has 2 saturated carbocycles. The number of nitro groups is 1. The van der Waals surface area contributed by atoms with E-state index in [1.165, 1.54) is 29.2 Å². The van der Waals surface area contributed by atoms with Gasteiger partial charge in [0.05, 0.1) is 24.1 Å². The summed E-state index contributed by atoms with van der Waals surface area (Å²) in [5.41, 5.74) is -0.0917. The van der Waals surface area contributed by atoms with Crippen molar-refractivity contribution in [2.75, 3.05) is 33.4 Å². The first-order valence-electron chi connectivity index (χ1n) is 12.1. The molecule has 1 aromatic carbocycles. The zero-order valence-electron chi connectivity index (χ0n) is 19.4. The van der Waals surface area contributed by atoms with E-state index in [2.05, 4.69) is 4.90 Å². The number of hydrogen-bond donors (Lipinski definition) is 0. The standard InChI is InChI=1S/C24H31N3O7/c1-25-15-18(12-17-13-24(9-8-21(17)25)32-10-11-33-24)22(28)26(14-16-2-3-16)23(29)34-20-6-4-19(5-7-20)27(30)31/h4-7,16-18,21H,2-3,8-15H2,1H3/t17-,18-,21-/m1/s1. The predicted molar refractivity (Wildman–Crippen MR) is 120 cm³/mol. The Labute approximate surface area is 198 Å². The summed E-state index contributed by atoms with van der Waals surface area (Å²) in [6.07, 6.45) is 4.54. The summed E-state index contributed by atoms with van der Waals surface area (Å²) in [5.74, 6) is -0.304. The Balaban J connectivity index is 1.28. The molecule has 0 unspecified atom stereocenters. The van der Waals surface area contributed by atoms with Crippen LogP contribution in [0.4, 0.5) is 10.5 Å². The van der Waals surface area contributed by atoms with Crippen LogP contribution in [0.5, 0.6) is 5.75 Å². The third-order valence-corrected chi connectivity index (χ3v) is 7.64. The molecule has 4 fully saturated rings. The Morgan fingerprint density at radius 2 is 1.91 bits per heavy atom. The minimum absolute atomic E-state index is 0.0917. The van der Waals surface area contributed by atoms with Gasteiger partial charge in [-0.2, -0.15) is 0 Å². The second-order valence-electron chi connectivity index (χ2n) is 10.1. The van der Waals surface area contributed by atoms with Gasteiger partial charge in [0, 0.05) is 44.1 Å². The topological polar surface area (TPSA) is 111 Å². The molecule has 3 atom stereocenters. The molecule has 1 aromatic rings. The van der Waals surface area contributed by atoms with Gasteiger partial charge >= 0.3 is 6.09 Å². The van der Waals surface area contributed by atoms with Crippen LogP contribution in [0.2, 0.25) is 0 Å². The Morgan fingerprint density at radius 3 is 2.56 bits per heavy atom. The first-order valence-corrected chi connectivity index (χ1v) is 12.1. The van der Waals surface area contributed by atoms with Gasteiger partial charge < -0.3 is 19.1 Å². The Hall–Kier alpha value is -2.56. The lowest BCUT2D eigenvalue weighted by Gasteiger charge is -2.49. The fourth-order valence-electron chi connectivity index (χ4n) is 5.75. The van der Waals surface area contributed by atoms with Gasteiger partial charge in [0.2, 0.25) is 5.91 Å². The molecular formula is C24H31N3O7. The molecule has 2 amide bonds. The summed E-state index contributed by atoms with van der Waals surface area (Å²) >= 11 is 0. The van der Waals surface area contributed by atoms with E-state index >= 15 is 0 Å². The molecule has 1 spiro atoms. The van der Waals surface area contributed by atoms with E-state index in [0.717, 1.165) is 32.1 Å². The van der Waals surface area contributed by atoms with Crippen LogP contribution in [0.1, 0.15) is 38.5 Å². The summed E-state index contributed by atoms with van der Waals surface area (Å²) in [5, 5.41) is 10.9. The first kappa shape index (κ1) is 23.2. The maximum absolute atomic E-state index is 13.6. The van der Waals surface area contributed by atoms with Crippen LogP contribution in [0, 0.1) is 27.9 Å². The molecule has 0 bridgehead atoms. The molecule has 0 N–H and O–H groups in total. The molecule has 2 saturated heterocycles. The molecular weight excluding hydrogens is 442 g/mol. The number of benzene rings is 1. The van der Waals surface area contributed by atoms with E-state index in [0.29, 0.717) is 44.7 Å². The van der Waals surface area contributed by atoms with Gasteiger partial charge in [0.15, 0.2) is 5.79 Å². The van der Waals surface area contributed by atoms with Gasteiger partial charge in [-0.15, -0.1) is 0 Å². The van der Waals surface area contributed by atoms with Gasteiger partial charge in [-0.05, 0) is 56.7 Å². The van der Waals surface area contributed by atoms with E-state index in [1.807, 2.05) is 7.05 Å². The number of rotatable bonds is 5. The number of carbonyl (C=O) groups is 2. The normalized spacial score (nSPS) is 28.3. The summed E-state index contributed by atoms with van der Waals surface area (Å²) in [6.45, 7) is 2.16.